The molecule has 0 unspecified atom stereocenters. The van der Waals surface area contributed by atoms with Gasteiger partial charge in [0.2, 0.25) is 0 Å². The summed E-state index contributed by atoms with van der Waals surface area (Å²) in [6.45, 7) is 3.73. The molecule has 3 heterocycles. The fourth-order valence-electron chi connectivity index (χ4n) is 4.27. The van der Waals surface area contributed by atoms with E-state index in [0.717, 1.165) is 0 Å². The maximum Gasteiger partial charge on any atom is 0.471 e. The van der Waals surface area contributed by atoms with E-state index in [1.807, 2.05) is 19.3 Å². The molecule has 42 heavy (non-hydrogen) atoms. The molecular formula is C25H26F3N7O7. The van der Waals surface area contributed by atoms with Gasteiger partial charge in [-0.1, -0.05) is 13.8 Å². The topological polar surface area (TPSA) is 177 Å². The van der Waals surface area contributed by atoms with E-state index in [9.17, 15) is 41.9 Å². The number of amides is 4. The van der Waals surface area contributed by atoms with E-state index in [2.05, 4.69) is 9.97 Å². The van der Waals surface area contributed by atoms with E-state index in [1.54, 1.807) is 12.1 Å². The van der Waals surface area contributed by atoms with Crippen LogP contribution in [0.1, 0.15) is 33.1 Å². The number of imide groups is 1. The summed E-state index contributed by atoms with van der Waals surface area (Å²) in [5.74, 6) is -5.07. The first kappa shape index (κ1) is 30.0. The normalized spacial score (nSPS) is 15.4. The second-order valence-corrected chi connectivity index (χ2v) is 9.32. The lowest BCUT2D eigenvalue weighted by molar-refractivity contribution is -0.174. The molecule has 3 aromatic rings. The van der Waals surface area contributed by atoms with Gasteiger partial charge < -0.3 is 15.0 Å². The number of H-pyrrole nitrogens is 1. The van der Waals surface area contributed by atoms with Crippen LogP contribution in [0.3, 0.4) is 0 Å². The number of carbonyl (C=O) groups excluding carboxylic acids is 4. The van der Waals surface area contributed by atoms with Crippen molar-refractivity contribution in [2.75, 3.05) is 6.61 Å². The Morgan fingerprint density at radius 3 is 2.31 bits per heavy atom. The highest BCUT2D eigenvalue weighted by atomic mass is 19.4. The summed E-state index contributed by atoms with van der Waals surface area (Å²) in [5.41, 5.74) is 2.00. The molecule has 17 heteroatoms. The minimum absolute atomic E-state index is 0.190. The number of aromatic nitrogens is 4. The lowest BCUT2D eigenvalue weighted by Crippen LogP contribution is -2.51. The van der Waals surface area contributed by atoms with Crippen LogP contribution in [0.5, 0.6) is 5.75 Å². The van der Waals surface area contributed by atoms with E-state index < -0.39 is 60.1 Å². The number of ether oxygens (including phenoxy) is 1. The van der Waals surface area contributed by atoms with Crippen LogP contribution in [0, 0.1) is 0 Å². The molecule has 224 valence electrons. The predicted octanol–water partition coefficient (Wildman–Crippen LogP) is 0.589. The van der Waals surface area contributed by atoms with Gasteiger partial charge in [0.25, 0.3) is 23.3 Å². The van der Waals surface area contributed by atoms with E-state index in [4.69, 9.17) is 4.74 Å². The van der Waals surface area contributed by atoms with Crippen LogP contribution in [-0.2, 0) is 32.3 Å². The molecule has 1 aliphatic rings. The number of nitrogens with zero attached hydrogens (tertiary/aromatic N) is 4. The quantitative estimate of drug-likeness (QED) is 0.286. The van der Waals surface area contributed by atoms with Crippen molar-refractivity contribution in [3.63, 3.8) is 0 Å². The van der Waals surface area contributed by atoms with E-state index >= 15 is 0 Å². The second kappa shape index (κ2) is 11.9. The van der Waals surface area contributed by atoms with Gasteiger partial charge >= 0.3 is 17.8 Å². The van der Waals surface area contributed by atoms with Crippen LogP contribution in [0.2, 0.25) is 0 Å². The number of imidazole rings is 1. The number of hydrogen-bond acceptors (Lipinski definition) is 8. The van der Waals surface area contributed by atoms with Gasteiger partial charge in [0, 0.05) is 18.7 Å². The smallest absolute Gasteiger partial charge is 0.471 e. The molecule has 0 bridgehead atoms. The first-order valence-electron chi connectivity index (χ1n) is 12.9. The number of hydrogen-bond donors (Lipinski definition) is 3. The van der Waals surface area contributed by atoms with Crippen molar-refractivity contribution in [2.45, 2.75) is 58.4 Å². The van der Waals surface area contributed by atoms with Crippen molar-refractivity contribution >= 4 is 34.8 Å². The molecule has 1 fully saturated rings. The van der Waals surface area contributed by atoms with Crippen molar-refractivity contribution in [3.8, 4) is 17.1 Å². The highest BCUT2D eigenvalue weighted by Crippen LogP contribution is 2.22. The highest BCUT2D eigenvalue weighted by molar-refractivity contribution is 6.08. The summed E-state index contributed by atoms with van der Waals surface area (Å²) >= 11 is 0. The van der Waals surface area contributed by atoms with E-state index in [0.29, 0.717) is 30.8 Å². The maximum absolute atomic E-state index is 12.9. The Balaban J connectivity index is 1.42. The average Bonchev–Trinajstić information content (AvgIpc) is 3.49. The molecule has 0 spiro atoms. The number of halogens is 3. The minimum Gasteiger partial charge on any atom is -0.484 e. The molecule has 1 saturated heterocycles. The Bertz CT molecular complexity index is 1660. The zero-order valence-corrected chi connectivity index (χ0v) is 22.4. The Kier molecular flexibility index (Phi) is 8.49. The van der Waals surface area contributed by atoms with Crippen LogP contribution in [0.25, 0.3) is 22.6 Å². The van der Waals surface area contributed by atoms with Gasteiger partial charge in [0.15, 0.2) is 12.3 Å². The van der Waals surface area contributed by atoms with Gasteiger partial charge in [-0.3, -0.25) is 38.5 Å². The molecule has 4 rings (SSSR count). The lowest BCUT2D eigenvalue weighted by Gasteiger charge is -2.17. The Morgan fingerprint density at radius 2 is 1.69 bits per heavy atom. The molecular weight excluding hydrogens is 567 g/mol. The van der Waals surface area contributed by atoms with Gasteiger partial charge in [0.05, 0.1) is 6.42 Å². The summed E-state index contributed by atoms with van der Waals surface area (Å²) in [5, 5.41) is 1.64. The number of aromatic amines is 1. The second-order valence-electron chi connectivity index (χ2n) is 9.32. The fourth-order valence-corrected chi connectivity index (χ4v) is 4.27. The van der Waals surface area contributed by atoms with Crippen LogP contribution in [0.4, 0.5) is 13.2 Å². The number of hydrazine groups is 1. The van der Waals surface area contributed by atoms with Crippen LogP contribution >= 0.6 is 0 Å². The summed E-state index contributed by atoms with van der Waals surface area (Å²) in [6, 6.07) is 4.36. The third kappa shape index (κ3) is 6.03. The predicted molar refractivity (Wildman–Crippen MR) is 139 cm³/mol. The number of alkyl halides is 3. The van der Waals surface area contributed by atoms with Gasteiger partial charge in [-0.15, -0.1) is 0 Å². The van der Waals surface area contributed by atoms with Crippen molar-refractivity contribution in [1.82, 2.24) is 34.9 Å². The lowest BCUT2D eigenvalue weighted by atomic mass is 10.2. The third-order valence-corrected chi connectivity index (χ3v) is 6.20. The first-order valence-corrected chi connectivity index (χ1v) is 12.9. The van der Waals surface area contributed by atoms with E-state index in [-0.39, 0.29) is 28.5 Å². The Morgan fingerprint density at radius 1 is 1.05 bits per heavy atom. The monoisotopic (exact) mass is 593 g/mol. The molecule has 3 N–H and O–H groups in total. The maximum atomic E-state index is 12.9. The highest BCUT2D eigenvalue weighted by Gasteiger charge is 2.46. The molecule has 4 amide bonds. The van der Waals surface area contributed by atoms with Gasteiger partial charge in [-0.05, 0) is 37.1 Å². The number of benzene rings is 1. The summed E-state index contributed by atoms with van der Waals surface area (Å²) in [7, 11) is 0. The minimum atomic E-state index is -5.25. The number of nitrogens with one attached hydrogen (secondary N) is 3. The zero-order chi connectivity index (χ0) is 30.8. The van der Waals surface area contributed by atoms with Crippen LogP contribution in [0.15, 0.2) is 33.9 Å². The standard InChI is InChI=1S/C25H26F3N7O7/c1-3-9-33-20-18(22(39)34(10-4-2)24(33)41)30-19(31-20)13-5-7-14(8-6-13)42-12-16(36)32-35-17(37)11-15(21(35)38)29-23(40)25(26,27)28/h5-8,15H,3-4,9-12H2,1-2H3,(H,29,40)(H,30,31)(H,32,36)/t15-/m0/s1. The van der Waals surface area contributed by atoms with Crippen molar-refractivity contribution in [1.29, 1.82) is 0 Å². The van der Waals surface area contributed by atoms with Gasteiger partial charge in [-0.25, -0.2) is 9.78 Å². The van der Waals surface area contributed by atoms with Crippen molar-refractivity contribution in [2.24, 2.45) is 0 Å². The Hall–Kier alpha value is -4.96. The third-order valence-electron chi connectivity index (χ3n) is 6.20. The molecule has 1 atom stereocenters. The first-order chi connectivity index (χ1) is 19.8. The van der Waals surface area contributed by atoms with E-state index in [1.165, 1.54) is 26.6 Å². The van der Waals surface area contributed by atoms with Gasteiger partial charge in [-0.2, -0.15) is 18.2 Å². The Labute approximate surface area is 234 Å². The largest absolute Gasteiger partial charge is 0.484 e. The molecule has 2 aromatic heterocycles. The van der Waals surface area contributed by atoms with Crippen LogP contribution in [-0.4, -0.2) is 66.6 Å². The molecule has 0 saturated carbocycles. The van der Waals surface area contributed by atoms with Gasteiger partial charge in [0.1, 0.15) is 23.1 Å². The molecule has 0 radical (unpaired) electrons. The zero-order valence-electron chi connectivity index (χ0n) is 22.4. The summed E-state index contributed by atoms with van der Waals surface area (Å²) in [4.78, 5) is 80.7. The molecule has 0 aliphatic carbocycles. The van der Waals surface area contributed by atoms with Crippen molar-refractivity contribution in [3.05, 3.63) is 45.1 Å². The molecule has 14 nitrogen and oxygen atoms in total. The number of aryl methyl sites for hydroxylation is 1. The SMILES string of the molecule is CCCn1c(=O)c2[nH]c(-c3ccc(OCC(=O)NN4C(=O)C[C@H](NC(=O)C(F)(F)F)C4=O)cc3)nc2n(CCC)c1=O. The molecule has 1 aliphatic heterocycles. The number of rotatable bonds is 10. The average molecular weight is 594 g/mol. The summed E-state index contributed by atoms with van der Waals surface area (Å²) < 4.78 is 45.3. The fraction of sp³-hybridized carbons (Fsp3) is 0.400. The number of carbonyl (C=O) groups is 4. The van der Waals surface area contributed by atoms with Crippen LogP contribution < -0.4 is 26.7 Å². The number of fused-ring (bicyclic) bond motifs is 1. The van der Waals surface area contributed by atoms with Crippen molar-refractivity contribution < 1.29 is 37.1 Å². The molecule has 1 aromatic carbocycles. The summed E-state index contributed by atoms with van der Waals surface area (Å²) in [6.07, 6.45) is -4.76.